The number of carbonyl (C=O) groups excluding carboxylic acids is 1. The van der Waals surface area contributed by atoms with E-state index in [9.17, 15) is 23.4 Å². The second-order valence-electron chi connectivity index (χ2n) is 13.2. The first-order chi connectivity index (χ1) is 19.7. The van der Waals surface area contributed by atoms with Crippen LogP contribution in [0.4, 0.5) is 0 Å². The molecule has 9 nitrogen and oxygen atoms in total. The monoisotopic (exact) mass is 599 g/mol. The maximum atomic E-state index is 13.9. The first kappa shape index (κ1) is 31.1. The van der Waals surface area contributed by atoms with Crippen molar-refractivity contribution in [1.82, 2.24) is 14.7 Å². The highest BCUT2D eigenvalue weighted by molar-refractivity contribution is 7.89. The molecule has 2 aromatic carbocycles. The quantitative estimate of drug-likeness (QED) is 0.405. The van der Waals surface area contributed by atoms with Crippen LogP contribution in [0.15, 0.2) is 53.4 Å². The van der Waals surface area contributed by atoms with Crippen molar-refractivity contribution in [1.29, 1.82) is 0 Å². The average molecular weight is 600 g/mol. The molecule has 2 aromatic rings. The van der Waals surface area contributed by atoms with E-state index < -0.39 is 34.2 Å². The Labute approximate surface area is 249 Å². The third-order valence-corrected chi connectivity index (χ3v) is 12.1. The minimum Gasteiger partial charge on any atom is -0.394 e. The van der Waals surface area contributed by atoms with Crippen LogP contribution in [-0.4, -0.2) is 78.9 Å². The van der Waals surface area contributed by atoms with Gasteiger partial charge in [0.2, 0.25) is 15.9 Å². The fraction of sp³-hybridized carbons (Fsp3) is 0.594. The van der Waals surface area contributed by atoms with E-state index in [1.54, 1.807) is 36.3 Å². The van der Waals surface area contributed by atoms with E-state index in [-0.39, 0.29) is 30.0 Å². The van der Waals surface area contributed by atoms with Crippen molar-refractivity contribution in [3.05, 3.63) is 54.1 Å². The van der Waals surface area contributed by atoms with Crippen LogP contribution in [0.25, 0.3) is 11.1 Å². The van der Waals surface area contributed by atoms with Crippen LogP contribution in [0, 0.1) is 29.1 Å². The molecule has 10 heteroatoms. The fourth-order valence-electron chi connectivity index (χ4n) is 7.54. The minimum absolute atomic E-state index is 0.0709. The van der Waals surface area contributed by atoms with Crippen molar-refractivity contribution >= 4 is 15.9 Å². The van der Waals surface area contributed by atoms with Gasteiger partial charge in [-0.1, -0.05) is 51.1 Å². The Morgan fingerprint density at radius 1 is 1.14 bits per heavy atom. The largest absolute Gasteiger partial charge is 0.394 e. The number of nitrogens with one attached hydrogen (secondary N) is 1. The first-order valence-electron chi connectivity index (χ1n) is 14.9. The lowest BCUT2D eigenvalue weighted by atomic mass is 9.45. The molecule has 4 fully saturated rings. The molecule has 0 radical (unpaired) electrons. The number of benzene rings is 2. The number of fused-ring (bicyclic) bond motifs is 2. The number of rotatable bonds is 9. The minimum atomic E-state index is -3.52. The molecule has 3 aliphatic carbocycles. The molecule has 8 atom stereocenters. The average Bonchev–Trinajstić information content (AvgIpc) is 3.32. The summed E-state index contributed by atoms with van der Waals surface area (Å²) in [7, 11) is -0.518. The Kier molecular flexibility index (Phi) is 8.61. The molecule has 230 valence electrons. The number of hydroxylamine groups is 2. The SMILES string of the molecule is C[C@@H]1[C@@H](NC(=O)[C@@H]2[C@H]([C@H](C)O)[C@H](CO)ON2Cc2cccc(-c3ccc(S(=O)(=O)N(C)C)cc3)c2)C[C@H]2C[C@@H]1C2(C)C. The molecule has 1 saturated heterocycles. The van der Waals surface area contributed by atoms with E-state index in [4.69, 9.17) is 4.84 Å². The molecule has 3 N–H and O–H groups in total. The molecule has 2 bridgehead atoms. The molecule has 3 saturated carbocycles. The van der Waals surface area contributed by atoms with Crippen LogP contribution in [0.1, 0.15) is 46.1 Å². The molecule has 1 heterocycles. The molecule has 0 aromatic heterocycles. The van der Waals surface area contributed by atoms with E-state index in [0.29, 0.717) is 23.2 Å². The Morgan fingerprint density at radius 2 is 1.83 bits per heavy atom. The van der Waals surface area contributed by atoms with Gasteiger partial charge in [0.05, 0.1) is 24.2 Å². The van der Waals surface area contributed by atoms with Gasteiger partial charge in [0, 0.05) is 26.1 Å². The van der Waals surface area contributed by atoms with Gasteiger partial charge in [-0.2, -0.15) is 5.06 Å². The van der Waals surface area contributed by atoms with Crippen molar-refractivity contribution in [3.8, 4) is 11.1 Å². The summed E-state index contributed by atoms with van der Waals surface area (Å²) >= 11 is 0. The van der Waals surface area contributed by atoms with Crippen LogP contribution in [0.3, 0.4) is 0 Å². The lowest BCUT2D eigenvalue weighted by Gasteiger charge is -2.62. The number of carbonyl (C=O) groups is 1. The summed E-state index contributed by atoms with van der Waals surface area (Å²) in [5, 5.41) is 25.7. The third-order valence-electron chi connectivity index (χ3n) is 10.3. The molecule has 42 heavy (non-hydrogen) atoms. The molecule has 0 spiro atoms. The topological polar surface area (TPSA) is 119 Å². The van der Waals surface area contributed by atoms with E-state index in [1.807, 2.05) is 24.3 Å². The number of sulfonamides is 1. The number of aliphatic hydroxyl groups is 2. The van der Waals surface area contributed by atoms with Gasteiger partial charge in [0.25, 0.3) is 0 Å². The van der Waals surface area contributed by atoms with Crippen LogP contribution in [0.2, 0.25) is 0 Å². The smallest absolute Gasteiger partial charge is 0.242 e. The predicted molar refractivity (Wildman–Crippen MR) is 160 cm³/mol. The number of hydrogen-bond acceptors (Lipinski definition) is 7. The summed E-state index contributed by atoms with van der Waals surface area (Å²) in [5.74, 6) is 0.766. The van der Waals surface area contributed by atoms with Gasteiger partial charge in [0.15, 0.2) is 0 Å². The van der Waals surface area contributed by atoms with Crippen molar-refractivity contribution < 1.29 is 28.3 Å². The highest BCUT2D eigenvalue weighted by Gasteiger charge is 2.57. The zero-order valence-electron chi connectivity index (χ0n) is 25.4. The highest BCUT2D eigenvalue weighted by Crippen LogP contribution is 2.61. The molecule has 4 aliphatic rings. The summed E-state index contributed by atoms with van der Waals surface area (Å²) in [6.45, 7) is 8.49. The van der Waals surface area contributed by atoms with Crippen LogP contribution >= 0.6 is 0 Å². The zero-order valence-corrected chi connectivity index (χ0v) is 26.2. The Bertz CT molecular complexity index is 1390. The number of amides is 1. The normalized spacial score (nSPS) is 31.5. The van der Waals surface area contributed by atoms with Gasteiger partial charge < -0.3 is 15.5 Å². The lowest BCUT2D eigenvalue weighted by Crippen LogP contribution is -2.62. The van der Waals surface area contributed by atoms with Crippen molar-refractivity contribution in [3.63, 3.8) is 0 Å². The van der Waals surface area contributed by atoms with Gasteiger partial charge >= 0.3 is 0 Å². The van der Waals surface area contributed by atoms with Crippen molar-refractivity contribution in [2.75, 3.05) is 20.7 Å². The van der Waals surface area contributed by atoms with Crippen molar-refractivity contribution in [2.45, 2.75) is 76.3 Å². The summed E-state index contributed by atoms with van der Waals surface area (Å²) < 4.78 is 26.1. The van der Waals surface area contributed by atoms with Gasteiger partial charge in [-0.05, 0) is 77.8 Å². The molecule has 1 aliphatic heterocycles. The van der Waals surface area contributed by atoms with E-state index in [1.165, 1.54) is 24.8 Å². The van der Waals surface area contributed by atoms with Crippen LogP contribution < -0.4 is 5.32 Å². The van der Waals surface area contributed by atoms with Crippen LogP contribution in [0.5, 0.6) is 0 Å². The molecular formula is C32H45N3O6S. The predicted octanol–water partition coefficient (Wildman–Crippen LogP) is 3.26. The fourth-order valence-corrected chi connectivity index (χ4v) is 8.45. The lowest BCUT2D eigenvalue weighted by molar-refractivity contribution is -0.183. The zero-order chi connectivity index (χ0) is 30.6. The van der Waals surface area contributed by atoms with E-state index in [0.717, 1.165) is 23.1 Å². The summed E-state index contributed by atoms with van der Waals surface area (Å²) in [6.07, 6.45) is 0.601. The standard InChI is InChI=1S/C32H45N3O6S/c1-19-26-15-24(32(26,3)4)16-27(19)33-31(38)30-29(20(2)37)28(18-36)41-35(30)17-21-8-7-9-23(14-21)22-10-12-25(13-11-22)42(39,40)34(5)6/h7-14,19-20,24,26-30,36-37H,15-18H2,1-6H3,(H,33,38)/t19-,20-,24+,26-,27-,28-,29+,30-/m0/s1. The molecule has 6 rings (SSSR count). The highest BCUT2D eigenvalue weighted by atomic mass is 32.2. The summed E-state index contributed by atoms with van der Waals surface area (Å²) in [6, 6.07) is 13.8. The van der Waals surface area contributed by atoms with E-state index in [2.05, 4.69) is 26.1 Å². The van der Waals surface area contributed by atoms with Gasteiger partial charge in [-0.3, -0.25) is 9.63 Å². The number of hydrogen-bond donors (Lipinski definition) is 3. The molecular weight excluding hydrogens is 554 g/mol. The van der Waals surface area contributed by atoms with Gasteiger partial charge in [0.1, 0.15) is 12.1 Å². The summed E-state index contributed by atoms with van der Waals surface area (Å²) in [5.41, 5.74) is 2.94. The summed E-state index contributed by atoms with van der Waals surface area (Å²) in [4.78, 5) is 20.2. The van der Waals surface area contributed by atoms with Crippen molar-refractivity contribution in [2.24, 2.45) is 29.1 Å². The second-order valence-corrected chi connectivity index (χ2v) is 15.4. The maximum absolute atomic E-state index is 13.9. The van der Waals surface area contributed by atoms with Gasteiger partial charge in [-0.15, -0.1) is 0 Å². The van der Waals surface area contributed by atoms with Crippen LogP contribution in [-0.2, 0) is 26.2 Å². The first-order valence-corrected chi connectivity index (χ1v) is 16.3. The molecule has 0 unspecified atom stereocenters. The molecule has 1 amide bonds. The number of nitrogens with zero attached hydrogens (tertiary/aromatic N) is 2. The Morgan fingerprint density at radius 3 is 2.40 bits per heavy atom. The Balaban J connectivity index is 1.35. The maximum Gasteiger partial charge on any atom is 0.242 e. The van der Waals surface area contributed by atoms with E-state index >= 15 is 0 Å². The van der Waals surface area contributed by atoms with Gasteiger partial charge in [-0.25, -0.2) is 12.7 Å². The Hall–Kier alpha value is -2.34. The third kappa shape index (κ3) is 5.53. The second kappa shape index (κ2) is 11.6. The number of aliphatic hydroxyl groups excluding tert-OH is 2.